The van der Waals surface area contributed by atoms with Gasteiger partial charge in [-0.05, 0) is 161 Å². The van der Waals surface area contributed by atoms with Crippen LogP contribution in [0.1, 0.15) is 342 Å². The minimum absolute atomic E-state index is 0.0482. The molecule has 19 heteroatoms. The van der Waals surface area contributed by atoms with E-state index in [1.165, 1.54) is 103 Å². The standard InChI is InChI=1S/C82H144O17P2/c1-5-9-13-17-21-25-29-33-37-41-45-49-53-57-61-65-69-82(87)99-78(73-93-80(85)67-63-59-55-51-47-43-39-35-31-27-23-19-15-11-7-3)75-97-101(90,91)95-71-76(83)70-94-100(88,89)96-74-77(98-81(86)68-64-60-56-52-48-44-40-36-32-28-24-20-16-12-8-4)72-92-79(84)66-62-58-54-50-46-42-38-34-30-26-22-18-14-10-6-2/h25-32,38-45,76-78,83H,5-24,33-37,46-75H2,1-4H3,(H,88,89)(H,90,91)/p-2/b29-25+,30-26+,31-27-,32-28-,42-38-,43-39-,44-40-,45-41-. The molecule has 1 N–H and O–H groups in total. The van der Waals surface area contributed by atoms with Crippen LogP contribution >= 0.6 is 15.6 Å². The topological polar surface area (TPSA) is 243 Å². The van der Waals surface area contributed by atoms with Crippen molar-refractivity contribution < 1.29 is 80.2 Å². The summed E-state index contributed by atoms with van der Waals surface area (Å²) in [6.45, 7) is 4.35. The summed E-state index contributed by atoms with van der Waals surface area (Å²) in [7, 11) is -10.5. The van der Waals surface area contributed by atoms with Crippen molar-refractivity contribution in [3.63, 3.8) is 0 Å². The molecule has 0 rings (SSSR count). The van der Waals surface area contributed by atoms with E-state index in [1.54, 1.807) is 0 Å². The third kappa shape index (κ3) is 74.1. The second-order valence-corrected chi connectivity index (χ2v) is 29.4. The maximum Gasteiger partial charge on any atom is 0.306 e. The SMILES string of the molecule is CCCCCC/C=C\C/C=C\CCCCCCC(=O)OCC(COP(=O)([O-])OCC(O)COP(=O)([O-])OCC(COC(=O)CCCCCC/C=C\C/C=C/CCCCCC)OC(=O)CCCCCC/C=C\C/C=C\CCCCCC)OC(=O)CCCCCC/C=C\CC/C=C/CCCCCC. The van der Waals surface area contributed by atoms with E-state index in [0.717, 1.165) is 161 Å². The van der Waals surface area contributed by atoms with E-state index < -0.39 is 97.5 Å². The molecule has 101 heavy (non-hydrogen) atoms. The summed E-state index contributed by atoms with van der Waals surface area (Å²) in [4.78, 5) is 77.6. The molecule has 17 nitrogen and oxygen atoms in total. The molecule has 0 aliphatic heterocycles. The van der Waals surface area contributed by atoms with Crippen LogP contribution in [-0.2, 0) is 65.4 Å². The van der Waals surface area contributed by atoms with Crippen molar-refractivity contribution in [2.24, 2.45) is 0 Å². The number of hydrogen-bond acceptors (Lipinski definition) is 17. The summed E-state index contributed by atoms with van der Waals surface area (Å²) < 4.78 is 67.7. The molecule has 0 amide bonds. The quantitative estimate of drug-likeness (QED) is 0.0196. The van der Waals surface area contributed by atoms with Gasteiger partial charge in [-0.1, -0.05) is 253 Å². The molecule has 5 atom stereocenters. The molecular formula is C82H142O17P2-2. The fraction of sp³-hybridized carbons (Fsp3) is 0.756. The average Bonchev–Trinajstić information content (AvgIpc) is 0.937. The number of phosphoric ester groups is 2. The number of ether oxygens (including phenoxy) is 4. The highest BCUT2D eigenvalue weighted by molar-refractivity contribution is 7.46. The maximum absolute atomic E-state index is 13.0. The summed E-state index contributed by atoms with van der Waals surface area (Å²) in [5, 5.41) is 10.6. The van der Waals surface area contributed by atoms with Crippen LogP contribution in [-0.4, -0.2) is 86.9 Å². The number of carbonyl (C=O) groups is 4. The number of esters is 4. The number of allylic oxidation sites excluding steroid dienone is 16. The summed E-state index contributed by atoms with van der Waals surface area (Å²) in [5.41, 5.74) is 0. The zero-order chi connectivity index (χ0) is 73.9. The van der Waals surface area contributed by atoms with Crippen LogP contribution in [0.2, 0.25) is 0 Å². The Labute approximate surface area is 614 Å². The number of carbonyl (C=O) groups excluding carboxylic acids is 4. The largest absolute Gasteiger partial charge is 0.756 e. The lowest BCUT2D eigenvalue weighted by atomic mass is 10.1. The van der Waals surface area contributed by atoms with Gasteiger partial charge in [0.15, 0.2) is 12.2 Å². The summed E-state index contributed by atoms with van der Waals surface area (Å²) >= 11 is 0. The van der Waals surface area contributed by atoms with E-state index >= 15 is 0 Å². The second-order valence-electron chi connectivity index (χ2n) is 26.6. The maximum atomic E-state index is 13.0. The third-order valence-electron chi connectivity index (χ3n) is 16.7. The highest BCUT2D eigenvalue weighted by atomic mass is 31.2. The molecule has 0 aliphatic carbocycles. The monoisotopic (exact) mass is 1460 g/mol. The number of aliphatic hydroxyl groups excluding tert-OH is 1. The molecule has 0 aromatic carbocycles. The lowest BCUT2D eigenvalue weighted by Crippen LogP contribution is -2.31. The number of rotatable bonds is 75. The van der Waals surface area contributed by atoms with Crippen molar-refractivity contribution in [1.29, 1.82) is 0 Å². The second kappa shape index (κ2) is 74.3. The van der Waals surface area contributed by atoms with E-state index in [4.69, 9.17) is 37.0 Å². The molecular weight excluding hydrogens is 1320 g/mol. The van der Waals surface area contributed by atoms with Crippen molar-refractivity contribution in [2.75, 3.05) is 39.6 Å². The Hall–Kier alpha value is -4.02. The zero-order valence-electron chi connectivity index (χ0n) is 63.7. The van der Waals surface area contributed by atoms with Gasteiger partial charge in [-0.25, -0.2) is 0 Å². The first kappa shape index (κ1) is 97.0. The fourth-order valence-electron chi connectivity index (χ4n) is 10.5. The lowest BCUT2D eigenvalue weighted by molar-refractivity contribution is -0.233. The van der Waals surface area contributed by atoms with Crippen LogP contribution in [0.4, 0.5) is 0 Å². The van der Waals surface area contributed by atoms with Crippen LogP contribution in [0, 0.1) is 0 Å². The van der Waals surface area contributed by atoms with Crippen molar-refractivity contribution in [3.8, 4) is 0 Å². The van der Waals surface area contributed by atoms with Crippen LogP contribution in [0.25, 0.3) is 0 Å². The molecule has 584 valence electrons. The number of unbranched alkanes of at least 4 members (excludes halogenated alkanes) is 33. The van der Waals surface area contributed by atoms with Crippen molar-refractivity contribution in [1.82, 2.24) is 0 Å². The minimum Gasteiger partial charge on any atom is -0.756 e. The van der Waals surface area contributed by atoms with E-state index in [0.29, 0.717) is 25.7 Å². The summed E-state index contributed by atoms with van der Waals surface area (Å²) in [6, 6.07) is 0. The van der Waals surface area contributed by atoms with Gasteiger partial charge < -0.3 is 51.9 Å². The highest BCUT2D eigenvalue weighted by Crippen LogP contribution is 2.41. The third-order valence-corrected chi connectivity index (χ3v) is 18.6. The predicted molar refractivity (Wildman–Crippen MR) is 409 cm³/mol. The van der Waals surface area contributed by atoms with E-state index in [9.17, 15) is 43.2 Å². The van der Waals surface area contributed by atoms with E-state index in [1.807, 2.05) is 0 Å². The Bertz CT molecular complexity index is 2290. The predicted octanol–water partition coefficient (Wildman–Crippen LogP) is 21.9. The molecule has 0 saturated carbocycles. The van der Waals surface area contributed by atoms with Gasteiger partial charge in [0.1, 0.15) is 19.3 Å². The first-order valence-electron chi connectivity index (χ1n) is 39.9. The molecule has 0 aliphatic rings. The molecule has 0 spiro atoms. The van der Waals surface area contributed by atoms with Crippen LogP contribution < -0.4 is 9.79 Å². The number of hydrogen-bond donors (Lipinski definition) is 1. The van der Waals surface area contributed by atoms with Crippen LogP contribution in [0.3, 0.4) is 0 Å². The molecule has 0 heterocycles. The molecule has 5 unspecified atom stereocenters. The first-order valence-corrected chi connectivity index (χ1v) is 42.9. The first-order chi connectivity index (χ1) is 49.2. The molecule has 0 bridgehead atoms. The number of phosphoric acid groups is 2. The molecule has 0 aromatic rings. The zero-order valence-corrected chi connectivity index (χ0v) is 65.5. The van der Waals surface area contributed by atoms with Gasteiger partial charge in [-0.2, -0.15) is 0 Å². The van der Waals surface area contributed by atoms with Gasteiger partial charge in [-0.15, -0.1) is 0 Å². The van der Waals surface area contributed by atoms with Gasteiger partial charge in [0.05, 0.1) is 26.4 Å². The van der Waals surface area contributed by atoms with E-state index in [-0.39, 0.29) is 25.7 Å². The number of aliphatic hydroxyl groups is 1. The molecule has 0 radical (unpaired) electrons. The smallest absolute Gasteiger partial charge is 0.306 e. The Morgan fingerprint density at radius 2 is 0.505 bits per heavy atom. The van der Waals surface area contributed by atoms with Crippen molar-refractivity contribution in [3.05, 3.63) is 97.2 Å². The highest BCUT2D eigenvalue weighted by Gasteiger charge is 2.25. The molecule has 0 saturated heterocycles. The van der Waals surface area contributed by atoms with Gasteiger partial charge in [0, 0.05) is 25.7 Å². The average molecular weight is 1460 g/mol. The van der Waals surface area contributed by atoms with Gasteiger partial charge in [-0.3, -0.25) is 28.3 Å². The Morgan fingerprint density at radius 1 is 0.287 bits per heavy atom. The lowest BCUT2D eigenvalue weighted by Gasteiger charge is -2.28. The van der Waals surface area contributed by atoms with E-state index in [2.05, 4.69) is 125 Å². The van der Waals surface area contributed by atoms with Crippen molar-refractivity contribution >= 4 is 39.5 Å². The minimum atomic E-state index is -5.25. The summed E-state index contributed by atoms with van der Waals surface area (Å²) in [6.07, 6.45) is 77.4. The van der Waals surface area contributed by atoms with Crippen LogP contribution in [0.5, 0.6) is 0 Å². The molecule has 0 aromatic heterocycles. The Kier molecular flexibility index (Phi) is 71.3. The Morgan fingerprint density at radius 3 is 0.772 bits per heavy atom. The van der Waals surface area contributed by atoms with Gasteiger partial charge in [0.2, 0.25) is 0 Å². The normalized spacial score (nSPS) is 14.4. The van der Waals surface area contributed by atoms with Gasteiger partial charge >= 0.3 is 23.9 Å². The molecule has 0 fully saturated rings. The van der Waals surface area contributed by atoms with Crippen molar-refractivity contribution in [2.45, 2.75) is 361 Å². The van der Waals surface area contributed by atoms with Crippen LogP contribution in [0.15, 0.2) is 97.2 Å². The Balaban J connectivity index is 5.41. The fourth-order valence-corrected chi connectivity index (χ4v) is 12.1. The summed E-state index contributed by atoms with van der Waals surface area (Å²) in [5.74, 6) is -2.34. The van der Waals surface area contributed by atoms with Gasteiger partial charge in [0.25, 0.3) is 15.6 Å².